The van der Waals surface area contributed by atoms with Gasteiger partial charge in [-0.25, -0.2) is 0 Å². The number of nitrogens with one attached hydrogen (secondary N) is 1. The minimum atomic E-state index is 0.386. The van der Waals surface area contributed by atoms with Crippen LogP contribution in [0.25, 0.3) is 0 Å². The first kappa shape index (κ1) is 15.3. The summed E-state index contributed by atoms with van der Waals surface area (Å²) in [6, 6.07) is 2.81. The molecule has 2 aromatic rings. The number of nitrogens with zero attached hydrogens (tertiary/aromatic N) is 2. The Balaban J connectivity index is 1.87. The smallest absolute Gasteiger partial charge is 0.0738 e. The minimum absolute atomic E-state index is 0.386. The fourth-order valence-electron chi connectivity index (χ4n) is 3.14. The van der Waals surface area contributed by atoms with Gasteiger partial charge < -0.3 is 5.32 Å². The molecule has 1 atom stereocenters. The molecule has 114 valence electrons. The van der Waals surface area contributed by atoms with E-state index in [9.17, 15) is 0 Å². The number of hydrogen-bond acceptors (Lipinski definition) is 3. The zero-order chi connectivity index (χ0) is 15.0. The molecule has 0 saturated carbocycles. The van der Waals surface area contributed by atoms with E-state index in [1.165, 1.54) is 29.8 Å². The van der Waals surface area contributed by atoms with Gasteiger partial charge in [0, 0.05) is 29.3 Å². The second-order valence-corrected chi connectivity index (χ2v) is 7.70. The van der Waals surface area contributed by atoms with Gasteiger partial charge in [0.2, 0.25) is 0 Å². The maximum absolute atomic E-state index is 4.51. The summed E-state index contributed by atoms with van der Waals surface area (Å²) in [5.41, 5.74) is 3.92. The maximum atomic E-state index is 4.51. The summed E-state index contributed by atoms with van der Waals surface area (Å²) >= 11 is 5.69. The Morgan fingerprint density at radius 3 is 2.90 bits per heavy atom. The van der Waals surface area contributed by atoms with Crippen molar-refractivity contribution in [3.8, 4) is 0 Å². The van der Waals surface area contributed by atoms with Gasteiger partial charge in [0.15, 0.2) is 0 Å². The number of thiophene rings is 1. The molecule has 0 bridgehead atoms. The predicted octanol–water partition coefficient (Wildman–Crippen LogP) is 3.93. The Labute approximate surface area is 138 Å². The molecule has 0 spiro atoms. The Morgan fingerprint density at radius 1 is 1.48 bits per heavy atom. The van der Waals surface area contributed by atoms with Crippen molar-refractivity contribution in [3.05, 3.63) is 37.2 Å². The van der Waals surface area contributed by atoms with Crippen LogP contribution in [0.4, 0.5) is 0 Å². The fraction of sp³-hybridized carbons (Fsp3) is 0.562. The van der Waals surface area contributed by atoms with E-state index in [4.69, 9.17) is 0 Å². The average molecular weight is 368 g/mol. The number of hydrogen-bond donors (Lipinski definition) is 1. The van der Waals surface area contributed by atoms with Crippen LogP contribution in [0.1, 0.15) is 46.1 Å². The van der Waals surface area contributed by atoms with Crippen LogP contribution in [0.3, 0.4) is 0 Å². The van der Waals surface area contributed by atoms with Crippen molar-refractivity contribution in [2.75, 3.05) is 6.54 Å². The van der Waals surface area contributed by atoms with E-state index in [1.807, 2.05) is 23.1 Å². The number of aromatic nitrogens is 2. The van der Waals surface area contributed by atoms with E-state index >= 15 is 0 Å². The standard InChI is InChI=1S/C16H22BrN3S/c1-4-18-12(9-13-16(17)10(2)19-20(13)3)15-8-11-6-5-7-14(11)21-15/h8,12,18H,4-7,9H2,1-3H3. The maximum Gasteiger partial charge on any atom is 0.0738 e. The molecule has 3 rings (SSSR count). The van der Waals surface area contributed by atoms with Crippen LogP contribution in [0, 0.1) is 6.92 Å². The van der Waals surface area contributed by atoms with Gasteiger partial charge in [-0.2, -0.15) is 5.10 Å². The molecule has 21 heavy (non-hydrogen) atoms. The molecule has 0 aromatic carbocycles. The molecule has 1 aliphatic carbocycles. The first-order chi connectivity index (χ1) is 10.1. The molecule has 5 heteroatoms. The van der Waals surface area contributed by atoms with Gasteiger partial charge in [-0.3, -0.25) is 4.68 Å². The number of rotatable bonds is 5. The molecule has 1 aliphatic rings. The second-order valence-electron chi connectivity index (χ2n) is 5.73. The highest BCUT2D eigenvalue weighted by atomic mass is 79.9. The second kappa shape index (κ2) is 6.23. The van der Waals surface area contributed by atoms with Crippen molar-refractivity contribution >= 4 is 27.3 Å². The molecule has 0 amide bonds. The number of halogens is 1. The lowest BCUT2D eigenvalue weighted by molar-refractivity contribution is 0.534. The highest BCUT2D eigenvalue weighted by Gasteiger charge is 2.22. The van der Waals surface area contributed by atoms with Crippen LogP contribution in [0.2, 0.25) is 0 Å². The number of fused-ring (bicyclic) bond motifs is 1. The van der Waals surface area contributed by atoms with E-state index in [1.54, 1.807) is 10.4 Å². The number of likely N-dealkylation sites (N-methyl/N-ethyl adjacent to an activating group) is 1. The largest absolute Gasteiger partial charge is 0.309 e. The molecule has 0 radical (unpaired) electrons. The van der Waals surface area contributed by atoms with Gasteiger partial charge in [-0.1, -0.05) is 6.92 Å². The van der Waals surface area contributed by atoms with Crippen molar-refractivity contribution in [3.63, 3.8) is 0 Å². The zero-order valence-electron chi connectivity index (χ0n) is 12.9. The summed E-state index contributed by atoms with van der Waals surface area (Å²) in [5.74, 6) is 0. The van der Waals surface area contributed by atoms with Crippen molar-refractivity contribution in [1.82, 2.24) is 15.1 Å². The molecule has 1 N–H and O–H groups in total. The third-order valence-electron chi connectivity index (χ3n) is 4.22. The molecule has 1 unspecified atom stereocenters. The third kappa shape index (κ3) is 2.96. The molecule has 0 saturated heterocycles. The summed E-state index contributed by atoms with van der Waals surface area (Å²) in [6.45, 7) is 5.22. The third-order valence-corrected chi connectivity index (χ3v) is 6.60. The van der Waals surface area contributed by atoms with Crippen molar-refractivity contribution in [2.24, 2.45) is 7.05 Å². The zero-order valence-corrected chi connectivity index (χ0v) is 15.3. The van der Waals surface area contributed by atoms with E-state index in [2.05, 4.69) is 46.3 Å². The van der Waals surface area contributed by atoms with Crippen LogP contribution in [-0.4, -0.2) is 16.3 Å². The molecule has 0 aliphatic heterocycles. The SMILES string of the molecule is CCNC(Cc1c(Br)c(C)nn1C)c1cc2c(s1)CCC2. The van der Waals surface area contributed by atoms with Gasteiger partial charge in [0.1, 0.15) is 0 Å². The van der Waals surface area contributed by atoms with E-state index in [0.717, 1.165) is 23.1 Å². The summed E-state index contributed by atoms with van der Waals surface area (Å²) in [6.07, 6.45) is 4.84. The Bertz CT molecular complexity index is 623. The van der Waals surface area contributed by atoms with Crippen LogP contribution < -0.4 is 5.32 Å². The lowest BCUT2D eigenvalue weighted by atomic mass is 10.1. The van der Waals surface area contributed by atoms with Gasteiger partial charge in [-0.15, -0.1) is 11.3 Å². The summed E-state index contributed by atoms with van der Waals surface area (Å²) in [5, 5.41) is 8.16. The van der Waals surface area contributed by atoms with E-state index in [0.29, 0.717) is 6.04 Å². The van der Waals surface area contributed by atoms with Gasteiger partial charge in [0.05, 0.1) is 15.9 Å². The lowest BCUT2D eigenvalue weighted by Gasteiger charge is -2.17. The fourth-order valence-corrected chi connectivity index (χ4v) is 4.97. The highest BCUT2D eigenvalue weighted by Crippen LogP contribution is 2.35. The Morgan fingerprint density at radius 2 is 2.29 bits per heavy atom. The quantitative estimate of drug-likeness (QED) is 0.867. The van der Waals surface area contributed by atoms with Crippen LogP contribution in [0.15, 0.2) is 10.5 Å². The van der Waals surface area contributed by atoms with E-state index < -0.39 is 0 Å². The molecule has 2 heterocycles. The average Bonchev–Trinajstić information content (AvgIpc) is 3.08. The predicted molar refractivity (Wildman–Crippen MR) is 92.1 cm³/mol. The highest BCUT2D eigenvalue weighted by molar-refractivity contribution is 9.10. The minimum Gasteiger partial charge on any atom is -0.309 e. The summed E-state index contributed by atoms with van der Waals surface area (Å²) < 4.78 is 3.16. The Kier molecular flexibility index (Phi) is 4.52. The van der Waals surface area contributed by atoms with Crippen molar-refractivity contribution in [2.45, 2.75) is 45.6 Å². The normalized spacial score (nSPS) is 15.4. The molecule has 2 aromatic heterocycles. The molecule has 3 nitrogen and oxygen atoms in total. The first-order valence-electron chi connectivity index (χ1n) is 7.63. The summed E-state index contributed by atoms with van der Waals surface area (Å²) in [7, 11) is 2.03. The van der Waals surface area contributed by atoms with Crippen molar-refractivity contribution < 1.29 is 0 Å². The topological polar surface area (TPSA) is 29.9 Å². The lowest BCUT2D eigenvalue weighted by Crippen LogP contribution is -2.23. The monoisotopic (exact) mass is 367 g/mol. The first-order valence-corrected chi connectivity index (χ1v) is 9.24. The van der Waals surface area contributed by atoms with E-state index in [-0.39, 0.29) is 0 Å². The Hall–Kier alpha value is -0.650. The van der Waals surface area contributed by atoms with Crippen LogP contribution in [-0.2, 0) is 26.3 Å². The van der Waals surface area contributed by atoms with Gasteiger partial charge in [-0.05, 0) is 60.3 Å². The number of aryl methyl sites for hydroxylation is 4. The molecule has 0 fully saturated rings. The summed E-state index contributed by atoms with van der Waals surface area (Å²) in [4.78, 5) is 3.08. The van der Waals surface area contributed by atoms with Crippen molar-refractivity contribution in [1.29, 1.82) is 0 Å². The molecular formula is C16H22BrN3S. The van der Waals surface area contributed by atoms with Gasteiger partial charge >= 0.3 is 0 Å². The van der Waals surface area contributed by atoms with Gasteiger partial charge in [0.25, 0.3) is 0 Å². The van der Waals surface area contributed by atoms with Crippen LogP contribution >= 0.6 is 27.3 Å². The molecular weight excluding hydrogens is 346 g/mol. The van der Waals surface area contributed by atoms with Crippen LogP contribution in [0.5, 0.6) is 0 Å².